The average Bonchev–Trinajstić information content (AvgIpc) is 1.69. The summed E-state index contributed by atoms with van der Waals surface area (Å²) in [5, 5.41) is 15.1. The van der Waals surface area contributed by atoms with Crippen molar-refractivity contribution in [3.05, 3.63) is 510 Å². The number of pyridine rings is 4. The lowest BCUT2D eigenvalue weighted by molar-refractivity contribution is 1.18. The molecule has 12 heterocycles. The largest absolute Gasteiger partial charge is 0.309 e. The summed E-state index contributed by atoms with van der Waals surface area (Å²) in [7, 11) is 0. The van der Waals surface area contributed by atoms with Gasteiger partial charge in [-0.2, -0.15) is 0 Å². The molecule has 0 aliphatic heterocycles. The van der Waals surface area contributed by atoms with Gasteiger partial charge in [0.15, 0.2) is 0 Å². The summed E-state index contributed by atoms with van der Waals surface area (Å²) in [5.41, 5.74) is 35.8. The van der Waals surface area contributed by atoms with Crippen molar-refractivity contribution in [1.29, 1.82) is 0 Å². The number of aromatic nitrogens is 8. The number of para-hydroxylation sites is 9. The first kappa shape index (κ1) is 85.8. The van der Waals surface area contributed by atoms with Gasteiger partial charge < -0.3 is 18.3 Å². The Balaban J connectivity index is 0.0000000945. The second-order valence-electron chi connectivity index (χ2n) is 37.0. The van der Waals surface area contributed by atoms with E-state index in [2.05, 4.69) is 505 Å². The number of rotatable bonds is 11. The van der Waals surface area contributed by atoms with Crippen molar-refractivity contribution in [2.45, 2.75) is 0 Å². The van der Waals surface area contributed by atoms with Gasteiger partial charge in [-0.25, -0.2) is 0 Å². The van der Waals surface area contributed by atoms with Gasteiger partial charge in [0.2, 0.25) is 0 Å². The van der Waals surface area contributed by atoms with Crippen LogP contribution in [-0.2, 0) is 0 Å². The number of hydrogen-bond acceptors (Lipinski definition) is 8. The summed E-state index contributed by atoms with van der Waals surface area (Å²) in [6.45, 7) is 0. The molecule has 0 bridgehead atoms. The number of hydrogen-bond donors (Lipinski definition) is 0. The second-order valence-corrected chi connectivity index (χ2v) is 41.3. The standard InChI is InChI=1S/3C35H22N2S.C29H18N2S/c1-4-14-30(37-31-15-5-2-12-27(31)28-13-3-6-16-32(28)37)26(11-1)25-10-7-9-23(21-25)24-18-19-33-29(22-24)35-34(38-33)17-8-20-36-35;1-3-14-31-28(12-1)29-13-2-4-15-32(29)37(31)27-11-6-10-25(21-27)23-8-5-9-24(20-23)26-17-18-33-30(22-26)35-34(38-33)16-7-19-36-35;1-3-11-31-28(9-1)29-10-2-4-12-32(29)37(31)27-17-14-23(15-18-27)24-7-5-8-25(21-24)26-16-19-33-30(22-26)35-34(38-33)13-6-20-36-35;1-4-10-25-22(7-1)23-8-2-5-11-26(23)31(25)20-15-13-19(14-16-20)21-17-18-30-28-24-9-3-6-12-27(24)32-29(21)28/h3*1-22H;1-18H. The van der Waals surface area contributed by atoms with Gasteiger partial charge in [-0.1, -0.05) is 291 Å². The monoisotopic (exact) mass is 1930 g/mol. The zero-order chi connectivity index (χ0) is 96.2. The minimum atomic E-state index is 1.09. The van der Waals surface area contributed by atoms with E-state index in [0.29, 0.717) is 0 Å². The Bertz CT molecular complexity index is 10400. The zero-order valence-electron chi connectivity index (χ0n) is 78.7. The van der Waals surface area contributed by atoms with Crippen LogP contribution in [0.4, 0.5) is 0 Å². The van der Waals surface area contributed by atoms with Gasteiger partial charge in [-0.15, -0.1) is 45.3 Å². The lowest BCUT2D eigenvalue weighted by atomic mass is 9.97. The Morgan fingerprint density at radius 1 is 0.144 bits per heavy atom. The Kier molecular flexibility index (Phi) is 21.2. The molecule has 0 aliphatic rings. The van der Waals surface area contributed by atoms with Crippen LogP contribution in [-0.4, -0.2) is 38.2 Å². The van der Waals surface area contributed by atoms with Crippen molar-refractivity contribution in [2.75, 3.05) is 0 Å². The van der Waals surface area contributed by atoms with Crippen LogP contribution in [0.5, 0.6) is 0 Å². The summed E-state index contributed by atoms with van der Waals surface area (Å²) in [5.74, 6) is 0. The maximum Gasteiger partial charge on any atom is 0.0894 e. The van der Waals surface area contributed by atoms with E-state index in [-0.39, 0.29) is 0 Å². The molecule has 0 spiro atoms. The lowest BCUT2D eigenvalue weighted by Crippen LogP contribution is -1.97. The summed E-state index contributed by atoms with van der Waals surface area (Å²) >= 11 is 7.23. The molecule has 12 aromatic heterocycles. The molecular weight excluding hydrogens is 1850 g/mol. The van der Waals surface area contributed by atoms with Crippen molar-refractivity contribution >= 4 is 214 Å². The minimum absolute atomic E-state index is 1.09. The SMILES string of the molecule is c1cc(-c2ccc(-n3c4ccccc4c4ccccc43)cc2)cc(-c2ccc3sc4cccnc4c3c2)c1.c1cc(-c2ccc3sc4cccnc4c3c2)cc(-c2ccccc2-n2c3ccccc3c3ccccc32)c1.c1cc(-c2cccc(-n3c4ccccc4c4ccccc43)c2)cc(-c2ccc3sc4cccnc4c3c2)c1.c1ccc2c(c1)sc1c(-c3ccc(-n4c5ccccc5c5ccccc54)cc3)ccnc12. The normalized spacial score (nSPS) is 11.7. The molecule has 0 aliphatic carbocycles. The third kappa shape index (κ3) is 15.0. The summed E-state index contributed by atoms with van der Waals surface area (Å²) in [6.07, 6.45) is 7.57. The predicted octanol–water partition coefficient (Wildman–Crippen LogP) is 37.9. The van der Waals surface area contributed by atoms with Gasteiger partial charge in [0.25, 0.3) is 0 Å². The molecule has 0 amide bonds. The maximum atomic E-state index is 4.69. The van der Waals surface area contributed by atoms with E-state index in [1.54, 1.807) is 34.0 Å². The first-order chi connectivity index (χ1) is 72.4. The summed E-state index contributed by atoms with van der Waals surface area (Å²) in [6, 6.07) is 175. The summed E-state index contributed by atoms with van der Waals surface area (Å²) in [4.78, 5) is 18.7. The van der Waals surface area contributed by atoms with E-state index in [4.69, 9.17) is 0 Å². The molecule has 0 fully saturated rings. The second kappa shape index (κ2) is 36.1. The number of nitrogens with zero attached hydrogens (tertiary/aromatic N) is 8. The van der Waals surface area contributed by atoms with Gasteiger partial charge >= 0.3 is 0 Å². The van der Waals surface area contributed by atoms with E-state index in [1.807, 2.05) is 54.3 Å². The van der Waals surface area contributed by atoms with Gasteiger partial charge in [-0.05, 0) is 261 Å². The zero-order valence-corrected chi connectivity index (χ0v) is 82.0. The molecular formula is C134H84N8S4. The highest BCUT2D eigenvalue weighted by Gasteiger charge is 2.23. The Morgan fingerprint density at radius 3 is 0.842 bits per heavy atom. The van der Waals surface area contributed by atoms with E-state index in [0.717, 1.165) is 22.1 Å². The van der Waals surface area contributed by atoms with Crippen LogP contribution in [0.25, 0.3) is 269 Å². The number of benzene rings is 19. The smallest absolute Gasteiger partial charge is 0.0894 e. The number of fused-ring (bicyclic) bond motifs is 24. The van der Waals surface area contributed by atoms with E-state index >= 15 is 0 Å². The van der Waals surface area contributed by atoms with E-state index in [9.17, 15) is 0 Å². The number of thiophene rings is 4. The first-order valence-corrected chi connectivity index (χ1v) is 52.4. The Labute approximate surface area is 855 Å². The molecule has 12 heteroatoms. The van der Waals surface area contributed by atoms with Crippen molar-refractivity contribution in [2.24, 2.45) is 0 Å². The van der Waals surface area contributed by atoms with E-state index in [1.165, 1.54) is 247 Å². The molecule has 0 N–H and O–H groups in total. The molecule has 31 rings (SSSR count). The minimum Gasteiger partial charge on any atom is -0.309 e. The van der Waals surface area contributed by atoms with Crippen LogP contribution in [0.3, 0.4) is 0 Å². The highest BCUT2D eigenvalue weighted by molar-refractivity contribution is 7.27. The highest BCUT2D eigenvalue weighted by Crippen LogP contribution is 2.47. The maximum absolute atomic E-state index is 4.69. The first-order valence-electron chi connectivity index (χ1n) is 49.1. The van der Waals surface area contributed by atoms with Crippen LogP contribution < -0.4 is 0 Å². The average molecular weight is 1930 g/mol. The van der Waals surface area contributed by atoms with Crippen LogP contribution in [0.2, 0.25) is 0 Å². The molecule has 0 saturated carbocycles. The Morgan fingerprint density at radius 2 is 0.432 bits per heavy atom. The van der Waals surface area contributed by atoms with Crippen molar-refractivity contribution in [1.82, 2.24) is 38.2 Å². The third-order valence-corrected chi connectivity index (χ3v) is 33.2. The van der Waals surface area contributed by atoms with Crippen LogP contribution in [0.15, 0.2) is 510 Å². The molecule has 31 aromatic rings. The molecule has 8 nitrogen and oxygen atoms in total. The molecule has 0 atom stereocenters. The lowest BCUT2D eigenvalue weighted by Gasteiger charge is -2.15. The molecule has 19 aromatic carbocycles. The summed E-state index contributed by atoms with van der Waals surface area (Å²) < 4.78 is 19.5. The predicted molar refractivity (Wildman–Crippen MR) is 624 cm³/mol. The third-order valence-electron chi connectivity index (χ3n) is 28.6. The quantitative estimate of drug-likeness (QED) is 0.129. The van der Waals surface area contributed by atoms with Crippen molar-refractivity contribution < 1.29 is 0 Å². The molecule has 684 valence electrons. The fourth-order valence-electron chi connectivity index (χ4n) is 21.9. The highest BCUT2D eigenvalue weighted by atomic mass is 32.1. The van der Waals surface area contributed by atoms with Crippen LogP contribution in [0, 0.1) is 0 Å². The fourth-order valence-corrected chi connectivity index (χ4v) is 26.2. The van der Waals surface area contributed by atoms with Crippen molar-refractivity contribution in [3.63, 3.8) is 0 Å². The van der Waals surface area contributed by atoms with E-state index < -0.39 is 0 Å². The van der Waals surface area contributed by atoms with Gasteiger partial charge in [0, 0.05) is 136 Å². The van der Waals surface area contributed by atoms with Gasteiger partial charge in [-0.3, -0.25) is 19.9 Å². The molecule has 146 heavy (non-hydrogen) atoms. The van der Waals surface area contributed by atoms with Crippen LogP contribution in [0.1, 0.15) is 0 Å². The molecule has 0 unspecified atom stereocenters. The Hall–Kier alpha value is -18.1. The molecule has 0 radical (unpaired) electrons. The fraction of sp³-hybridized carbons (Fsp3) is 0. The van der Waals surface area contributed by atoms with Crippen molar-refractivity contribution in [3.8, 4) is 101 Å². The van der Waals surface area contributed by atoms with Gasteiger partial charge in [0.1, 0.15) is 0 Å². The topological polar surface area (TPSA) is 71.3 Å². The molecule has 0 saturated heterocycles. The van der Waals surface area contributed by atoms with Gasteiger partial charge in [0.05, 0.1) is 90.7 Å². The van der Waals surface area contributed by atoms with Crippen LogP contribution >= 0.6 is 45.3 Å².